The molecule has 2 aliphatic rings. The van der Waals surface area contributed by atoms with Crippen LogP contribution in [0.1, 0.15) is 31.2 Å². The summed E-state index contributed by atoms with van der Waals surface area (Å²) in [6.07, 6.45) is 7.16. The number of pyridine rings is 1. The quantitative estimate of drug-likeness (QED) is 0.607. The monoisotopic (exact) mass is 466 g/mol. The summed E-state index contributed by atoms with van der Waals surface area (Å²) in [7, 11) is 0. The van der Waals surface area contributed by atoms with Crippen molar-refractivity contribution in [3.05, 3.63) is 53.7 Å². The molecule has 2 aliphatic heterocycles. The molecular weight excluding hydrogens is 442 g/mol. The summed E-state index contributed by atoms with van der Waals surface area (Å²) in [5.41, 5.74) is 8.23. The Hall–Kier alpha value is -3.73. The highest BCUT2D eigenvalue weighted by atomic mass is 19.2. The number of nitrogens with zero attached hydrogens (tertiary/aromatic N) is 6. The van der Waals surface area contributed by atoms with Gasteiger partial charge < -0.3 is 16.0 Å². The lowest BCUT2D eigenvalue weighted by Gasteiger charge is -2.23. The van der Waals surface area contributed by atoms with E-state index >= 15 is 0 Å². The predicted octanol–water partition coefficient (Wildman–Crippen LogP) is 2.34. The molecule has 0 aliphatic carbocycles. The average Bonchev–Trinajstić information content (AvgIpc) is 3.49. The van der Waals surface area contributed by atoms with Crippen LogP contribution in [0.4, 0.5) is 14.6 Å². The molecule has 1 fully saturated rings. The summed E-state index contributed by atoms with van der Waals surface area (Å²) in [4.78, 5) is 19.0. The molecule has 3 aromatic rings. The number of halogens is 2. The molecule has 0 saturated carbocycles. The highest BCUT2D eigenvalue weighted by Crippen LogP contribution is 2.30. The lowest BCUT2D eigenvalue weighted by Crippen LogP contribution is -2.43. The molecule has 1 saturated heterocycles. The molecule has 1 aromatic carbocycles. The van der Waals surface area contributed by atoms with Gasteiger partial charge in [-0.3, -0.25) is 4.79 Å². The van der Waals surface area contributed by atoms with Crippen LogP contribution in [0.5, 0.6) is 0 Å². The fourth-order valence-electron chi connectivity index (χ4n) is 4.46. The van der Waals surface area contributed by atoms with E-state index in [4.69, 9.17) is 5.73 Å². The maximum absolute atomic E-state index is 14.4. The Labute approximate surface area is 194 Å². The number of aromatic nitrogens is 5. The molecule has 11 heteroatoms. The van der Waals surface area contributed by atoms with Crippen molar-refractivity contribution in [3.63, 3.8) is 0 Å². The number of nitrogens with one attached hydrogen (secondary N) is 1. The van der Waals surface area contributed by atoms with Crippen LogP contribution in [0.2, 0.25) is 0 Å². The van der Waals surface area contributed by atoms with Gasteiger partial charge in [-0.2, -0.15) is 4.68 Å². The molecule has 2 aromatic heterocycles. The van der Waals surface area contributed by atoms with Crippen molar-refractivity contribution in [2.45, 2.75) is 31.7 Å². The zero-order chi connectivity index (χ0) is 23.7. The van der Waals surface area contributed by atoms with Crippen molar-refractivity contribution in [2.75, 3.05) is 25.4 Å². The van der Waals surface area contributed by atoms with Crippen molar-refractivity contribution < 1.29 is 13.6 Å². The molecule has 176 valence electrons. The summed E-state index contributed by atoms with van der Waals surface area (Å²) >= 11 is 0. The molecule has 9 nitrogen and oxygen atoms in total. The summed E-state index contributed by atoms with van der Waals surface area (Å²) in [6.45, 7) is 2.08. The number of hydrogen-bond acceptors (Lipinski definition) is 7. The fraction of sp³-hybridized carbons (Fsp3) is 0.348. The molecule has 0 unspecified atom stereocenters. The maximum Gasteiger partial charge on any atom is 0.239 e. The van der Waals surface area contributed by atoms with E-state index in [1.54, 1.807) is 12.3 Å². The summed E-state index contributed by atoms with van der Waals surface area (Å²) in [5, 5.41) is 14.7. The molecular formula is C23H24F2N8O. The van der Waals surface area contributed by atoms with Crippen LogP contribution in [0.3, 0.4) is 0 Å². The molecule has 3 N–H and O–H groups in total. The number of amides is 1. The van der Waals surface area contributed by atoms with Gasteiger partial charge in [0.2, 0.25) is 5.91 Å². The van der Waals surface area contributed by atoms with Gasteiger partial charge in [0.25, 0.3) is 0 Å². The summed E-state index contributed by atoms with van der Waals surface area (Å²) in [6, 6.07) is 5.48. The van der Waals surface area contributed by atoms with Gasteiger partial charge >= 0.3 is 0 Å². The van der Waals surface area contributed by atoms with E-state index in [2.05, 4.69) is 25.8 Å². The minimum atomic E-state index is -1.06. The zero-order valence-electron chi connectivity index (χ0n) is 18.4. The smallest absolute Gasteiger partial charge is 0.239 e. The van der Waals surface area contributed by atoms with Crippen molar-refractivity contribution in [1.82, 2.24) is 35.4 Å². The fourth-order valence-corrected chi connectivity index (χ4v) is 4.46. The number of benzene rings is 1. The van der Waals surface area contributed by atoms with Crippen LogP contribution < -0.4 is 11.1 Å². The zero-order valence-corrected chi connectivity index (χ0v) is 18.4. The molecule has 1 atom stereocenters. The van der Waals surface area contributed by atoms with Gasteiger partial charge in [-0.1, -0.05) is 12.1 Å². The number of allylic oxidation sites excluding steroid dienone is 1. The third kappa shape index (κ3) is 4.14. The van der Waals surface area contributed by atoms with E-state index in [1.165, 1.54) is 12.1 Å². The molecule has 0 bridgehead atoms. The second-order valence-corrected chi connectivity index (χ2v) is 8.41. The predicted molar refractivity (Wildman–Crippen MR) is 122 cm³/mol. The van der Waals surface area contributed by atoms with Gasteiger partial charge in [-0.25, -0.2) is 13.8 Å². The van der Waals surface area contributed by atoms with Crippen LogP contribution in [-0.4, -0.2) is 61.7 Å². The first-order chi connectivity index (χ1) is 16.5. The molecule has 4 heterocycles. The SMILES string of the molecule is Nc1ncc(C2=CCN(C(=O)[C@@H]3CCCN3)CCC2)cc1-c1nnnn1-c1cccc(F)c1F. The second-order valence-electron chi connectivity index (χ2n) is 8.41. The lowest BCUT2D eigenvalue weighted by molar-refractivity contribution is -0.132. The Morgan fingerprint density at radius 3 is 2.94 bits per heavy atom. The van der Waals surface area contributed by atoms with Gasteiger partial charge in [-0.05, 0) is 72.0 Å². The molecule has 0 spiro atoms. The van der Waals surface area contributed by atoms with E-state index in [1.807, 2.05) is 11.0 Å². The molecule has 34 heavy (non-hydrogen) atoms. The number of carbonyl (C=O) groups excluding carboxylic acids is 1. The first-order valence-electron chi connectivity index (χ1n) is 11.2. The van der Waals surface area contributed by atoms with Crippen LogP contribution >= 0.6 is 0 Å². The lowest BCUT2D eigenvalue weighted by atomic mass is 10.0. The van der Waals surface area contributed by atoms with Crippen molar-refractivity contribution in [1.29, 1.82) is 0 Å². The third-order valence-corrected chi connectivity index (χ3v) is 6.26. The van der Waals surface area contributed by atoms with E-state index in [9.17, 15) is 13.6 Å². The number of tetrazole rings is 1. The number of hydrogen-bond donors (Lipinski definition) is 2. The first-order valence-corrected chi connectivity index (χ1v) is 11.2. The Bertz CT molecular complexity index is 1250. The van der Waals surface area contributed by atoms with E-state index in [-0.39, 0.29) is 29.3 Å². The Morgan fingerprint density at radius 1 is 1.24 bits per heavy atom. The second kappa shape index (κ2) is 9.26. The van der Waals surface area contributed by atoms with E-state index in [0.29, 0.717) is 18.7 Å². The third-order valence-electron chi connectivity index (χ3n) is 6.26. The minimum absolute atomic E-state index is 0.0955. The van der Waals surface area contributed by atoms with Gasteiger partial charge in [0.15, 0.2) is 17.5 Å². The molecule has 5 rings (SSSR count). The standard InChI is InChI=1S/C23H24F2N8O/c24-17-5-1-7-19(20(17)25)33-22(29-30-31-33)16-12-15(13-28-21(16)26)14-4-3-10-32(11-8-14)23(34)18-6-2-9-27-18/h1,5,7-8,12-13,18,27H,2-4,6,9-11H2,(H2,26,28)/t18-/m0/s1. The maximum atomic E-state index is 14.4. The Morgan fingerprint density at radius 2 is 2.12 bits per heavy atom. The largest absolute Gasteiger partial charge is 0.383 e. The van der Waals surface area contributed by atoms with Crippen LogP contribution in [-0.2, 0) is 4.79 Å². The van der Waals surface area contributed by atoms with E-state index in [0.717, 1.165) is 54.1 Å². The van der Waals surface area contributed by atoms with Crippen molar-refractivity contribution in [3.8, 4) is 17.1 Å². The van der Waals surface area contributed by atoms with E-state index < -0.39 is 11.6 Å². The normalized spacial score (nSPS) is 18.6. The Balaban J connectivity index is 1.45. The van der Waals surface area contributed by atoms with Crippen LogP contribution in [0, 0.1) is 11.6 Å². The minimum Gasteiger partial charge on any atom is -0.383 e. The van der Waals surface area contributed by atoms with Crippen molar-refractivity contribution >= 4 is 17.3 Å². The average molecular weight is 466 g/mol. The highest BCUT2D eigenvalue weighted by molar-refractivity contribution is 5.83. The molecule has 1 amide bonds. The molecule has 0 radical (unpaired) electrons. The highest BCUT2D eigenvalue weighted by Gasteiger charge is 2.27. The topological polar surface area (TPSA) is 115 Å². The summed E-state index contributed by atoms with van der Waals surface area (Å²) in [5.74, 6) is -1.62. The van der Waals surface area contributed by atoms with Gasteiger partial charge in [0.1, 0.15) is 11.5 Å². The number of carbonyl (C=O) groups is 1. The van der Waals surface area contributed by atoms with Gasteiger partial charge in [0, 0.05) is 19.3 Å². The number of nitrogen functional groups attached to an aromatic ring is 1. The van der Waals surface area contributed by atoms with Gasteiger partial charge in [-0.15, -0.1) is 5.10 Å². The number of nitrogens with two attached hydrogens (primary N) is 1. The van der Waals surface area contributed by atoms with Crippen LogP contribution in [0.15, 0.2) is 36.5 Å². The number of anilines is 1. The van der Waals surface area contributed by atoms with Crippen LogP contribution in [0.25, 0.3) is 22.6 Å². The Kier molecular flexibility index (Phi) is 6.01. The van der Waals surface area contributed by atoms with Gasteiger partial charge in [0.05, 0.1) is 11.6 Å². The summed E-state index contributed by atoms with van der Waals surface area (Å²) < 4.78 is 29.3. The number of rotatable bonds is 4. The first kappa shape index (κ1) is 22.1. The van der Waals surface area contributed by atoms with Crippen molar-refractivity contribution in [2.24, 2.45) is 0 Å².